The lowest BCUT2D eigenvalue weighted by molar-refractivity contribution is 0.102. The summed E-state index contributed by atoms with van der Waals surface area (Å²) in [6.07, 6.45) is 3.24. The number of benzene rings is 1. The number of nitrogens with zero attached hydrogens (tertiary/aromatic N) is 2. The highest BCUT2D eigenvalue weighted by Gasteiger charge is 2.16. The lowest BCUT2D eigenvalue weighted by atomic mass is 10.2. The third kappa shape index (κ3) is 4.32. The predicted octanol–water partition coefficient (Wildman–Crippen LogP) is 3.38. The molecule has 1 fully saturated rings. The Morgan fingerprint density at radius 1 is 1.11 bits per heavy atom. The second-order valence-corrected chi connectivity index (χ2v) is 6.43. The SMILES string of the molecule is O=C(Nc1ccccc1N1CCOCC1)c1ccnc(NCc2ccco2)c1. The van der Waals surface area contributed by atoms with Crippen LogP contribution in [0.25, 0.3) is 0 Å². The third-order valence-electron chi connectivity index (χ3n) is 4.55. The molecule has 7 nitrogen and oxygen atoms in total. The van der Waals surface area contributed by atoms with Crippen LogP contribution in [0.4, 0.5) is 17.2 Å². The zero-order valence-electron chi connectivity index (χ0n) is 15.4. The molecule has 4 rings (SSSR count). The van der Waals surface area contributed by atoms with Crippen molar-refractivity contribution in [2.24, 2.45) is 0 Å². The molecule has 28 heavy (non-hydrogen) atoms. The second kappa shape index (κ2) is 8.58. The molecule has 0 bridgehead atoms. The first-order valence-corrected chi connectivity index (χ1v) is 9.25. The first-order chi connectivity index (χ1) is 13.8. The highest BCUT2D eigenvalue weighted by Crippen LogP contribution is 2.27. The van der Waals surface area contributed by atoms with E-state index in [1.165, 1.54) is 0 Å². The summed E-state index contributed by atoms with van der Waals surface area (Å²) in [7, 11) is 0. The fraction of sp³-hybridized carbons (Fsp3) is 0.238. The van der Waals surface area contributed by atoms with Gasteiger partial charge < -0.3 is 24.7 Å². The quantitative estimate of drug-likeness (QED) is 0.685. The number of amides is 1. The van der Waals surface area contributed by atoms with Crippen molar-refractivity contribution in [3.8, 4) is 0 Å². The maximum Gasteiger partial charge on any atom is 0.255 e. The number of pyridine rings is 1. The summed E-state index contributed by atoms with van der Waals surface area (Å²) in [4.78, 5) is 19.3. The first kappa shape index (κ1) is 18.1. The van der Waals surface area contributed by atoms with Crippen molar-refractivity contribution < 1.29 is 13.9 Å². The Labute approximate surface area is 163 Å². The minimum Gasteiger partial charge on any atom is -0.467 e. The number of aromatic nitrogens is 1. The van der Waals surface area contributed by atoms with E-state index in [9.17, 15) is 4.79 Å². The van der Waals surface area contributed by atoms with Crippen LogP contribution in [0.15, 0.2) is 65.4 Å². The Kier molecular flexibility index (Phi) is 5.53. The molecule has 2 N–H and O–H groups in total. The Morgan fingerprint density at radius 3 is 2.79 bits per heavy atom. The number of hydrogen-bond acceptors (Lipinski definition) is 6. The van der Waals surface area contributed by atoms with Crippen molar-refractivity contribution in [1.29, 1.82) is 0 Å². The number of para-hydroxylation sites is 2. The number of anilines is 3. The van der Waals surface area contributed by atoms with E-state index in [1.54, 1.807) is 24.6 Å². The maximum atomic E-state index is 12.8. The van der Waals surface area contributed by atoms with Gasteiger partial charge in [0.05, 0.1) is 37.4 Å². The van der Waals surface area contributed by atoms with Crippen molar-refractivity contribution in [3.05, 3.63) is 72.3 Å². The van der Waals surface area contributed by atoms with Crippen LogP contribution < -0.4 is 15.5 Å². The molecule has 3 heterocycles. The molecule has 3 aromatic rings. The number of furan rings is 1. The Morgan fingerprint density at radius 2 is 1.96 bits per heavy atom. The molecule has 1 saturated heterocycles. The van der Waals surface area contributed by atoms with Crippen LogP contribution in [0, 0.1) is 0 Å². The van der Waals surface area contributed by atoms with E-state index in [0.29, 0.717) is 31.1 Å². The number of nitrogens with one attached hydrogen (secondary N) is 2. The monoisotopic (exact) mass is 378 g/mol. The summed E-state index contributed by atoms with van der Waals surface area (Å²) < 4.78 is 10.7. The second-order valence-electron chi connectivity index (χ2n) is 6.43. The van der Waals surface area contributed by atoms with Gasteiger partial charge in [-0.2, -0.15) is 0 Å². The van der Waals surface area contributed by atoms with Gasteiger partial charge >= 0.3 is 0 Å². The summed E-state index contributed by atoms with van der Waals surface area (Å²) >= 11 is 0. The smallest absolute Gasteiger partial charge is 0.255 e. The molecule has 2 aromatic heterocycles. The number of hydrogen-bond donors (Lipinski definition) is 2. The molecule has 1 amide bonds. The first-order valence-electron chi connectivity index (χ1n) is 9.25. The van der Waals surface area contributed by atoms with Crippen molar-refractivity contribution in [2.75, 3.05) is 41.8 Å². The Bertz CT molecular complexity index is 921. The van der Waals surface area contributed by atoms with Gasteiger partial charge in [0.25, 0.3) is 5.91 Å². The van der Waals surface area contributed by atoms with Crippen LogP contribution in [0.2, 0.25) is 0 Å². The molecule has 1 aliphatic heterocycles. The zero-order valence-corrected chi connectivity index (χ0v) is 15.4. The molecule has 7 heteroatoms. The molecule has 0 spiro atoms. The van der Waals surface area contributed by atoms with Crippen LogP contribution in [0.3, 0.4) is 0 Å². The average Bonchev–Trinajstić information content (AvgIpc) is 3.27. The van der Waals surface area contributed by atoms with E-state index in [0.717, 1.165) is 30.2 Å². The molecule has 0 saturated carbocycles. The van der Waals surface area contributed by atoms with Crippen LogP contribution >= 0.6 is 0 Å². The number of carbonyl (C=O) groups is 1. The molecule has 0 radical (unpaired) electrons. The number of rotatable bonds is 6. The Balaban J connectivity index is 1.46. The third-order valence-corrected chi connectivity index (χ3v) is 4.55. The lowest BCUT2D eigenvalue weighted by Crippen LogP contribution is -2.36. The van der Waals surface area contributed by atoms with Gasteiger partial charge in [0, 0.05) is 24.8 Å². The van der Waals surface area contributed by atoms with E-state index in [1.807, 2.05) is 36.4 Å². The van der Waals surface area contributed by atoms with Gasteiger partial charge in [-0.1, -0.05) is 12.1 Å². The van der Waals surface area contributed by atoms with Gasteiger partial charge in [0.1, 0.15) is 11.6 Å². The molecule has 0 aliphatic carbocycles. The van der Waals surface area contributed by atoms with Crippen molar-refractivity contribution >= 4 is 23.1 Å². The van der Waals surface area contributed by atoms with Crippen LogP contribution in [-0.2, 0) is 11.3 Å². The fourth-order valence-electron chi connectivity index (χ4n) is 3.11. The summed E-state index contributed by atoms with van der Waals surface area (Å²) in [6, 6.07) is 15.0. The number of morpholine rings is 1. The van der Waals surface area contributed by atoms with E-state index >= 15 is 0 Å². The summed E-state index contributed by atoms with van der Waals surface area (Å²) in [5.74, 6) is 1.24. The van der Waals surface area contributed by atoms with Crippen LogP contribution in [-0.4, -0.2) is 37.2 Å². The largest absolute Gasteiger partial charge is 0.467 e. The van der Waals surface area contributed by atoms with Gasteiger partial charge in [-0.3, -0.25) is 4.79 Å². The maximum absolute atomic E-state index is 12.8. The normalized spacial score (nSPS) is 13.9. The zero-order chi connectivity index (χ0) is 19.2. The highest BCUT2D eigenvalue weighted by molar-refractivity contribution is 6.06. The van der Waals surface area contributed by atoms with E-state index in [4.69, 9.17) is 9.15 Å². The van der Waals surface area contributed by atoms with Crippen LogP contribution in [0.1, 0.15) is 16.1 Å². The molecule has 0 unspecified atom stereocenters. The van der Waals surface area contributed by atoms with E-state index in [2.05, 4.69) is 20.5 Å². The molecule has 1 aromatic carbocycles. The molecular weight excluding hydrogens is 356 g/mol. The minimum atomic E-state index is -0.177. The van der Waals surface area contributed by atoms with E-state index in [-0.39, 0.29) is 5.91 Å². The minimum absolute atomic E-state index is 0.177. The Hall–Kier alpha value is -3.32. The van der Waals surface area contributed by atoms with Gasteiger partial charge in [-0.15, -0.1) is 0 Å². The fourth-order valence-corrected chi connectivity index (χ4v) is 3.11. The summed E-state index contributed by atoms with van der Waals surface area (Å²) in [5.41, 5.74) is 2.33. The topological polar surface area (TPSA) is 79.6 Å². The number of carbonyl (C=O) groups excluding carboxylic acids is 1. The molecular formula is C21H22N4O3. The highest BCUT2D eigenvalue weighted by atomic mass is 16.5. The van der Waals surface area contributed by atoms with Gasteiger partial charge in [0.15, 0.2) is 0 Å². The standard InChI is InChI=1S/C21H22N4O3/c26-21(16-7-8-22-20(14-16)23-15-17-4-3-11-28-17)24-18-5-1-2-6-19(18)25-9-12-27-13-10-25/h1-8,11,14H,9-10,12-13,15H2,(H,22,23)(H,24,26). The van der Waals surface area contributed by atoms with Crippen molar-refractivity contribution in [1.82, 2.24) is 4.98 Å². The van der Waals surface area contributed by atoms with Crippen molar-refractivity contribution in [3.63, 3.8) is 0 Å². The molecule has 144 valence electrons. The summed E-state index contributed by atoms with van der Waals surface area (Å²) in [6.45, 7) is 3.51. The van der Waals surface area contributed by atoms with Gasteiger partial charge in [0.2, 0.25) is 0 Å². The summed E-state index contributed by atoms with van der Waals surface area (Å²) in [5, 5.41) is 6.19. The van der Waals surface area contributed by atoms with Crippen molar-refractivity contribution in [2.45, 2.75) is 6.54 Å². The van der Waals surface area contributed by atoms with E-state index < -0.39 is 0 Å². The number of ether oxygens (including phenoxy) is 1. The lowest BCUT2D eigenvalue weighted by Gasteiger charge is -2.30. The molecule has 1 aliphatic rings. The van der Waals surface area contributed by atoms with Crippen LogP contribution in [0.5, 0.6) is 0 Å². The predicted molar refractivity (Wildman–Crippen MR) is 108 cm³/mol. The average molecular weight is 378 g/mol. The van der Waals surface area contributed by atoms with Gasteiger partial charge in [-0.25, -0.2) is 4.98 Å². The van der Waals surface area contributed by atoms with Gasteiger partial charge in [-0.05, 0) is 36.4 Å². The molecule has 0 atom stereocenters.